The number of methoxy groups -OCH3 is 1. The topological polar surface area (TPSA) is 42.2 Å². The Kier molecular flexibility index (Phi) is 9.00. The van der Waals surface area contributed by atoms with Crippen molar-refractivity contribution >= 4 is 5.91 Å². The van der Waals surface area contributed by atoms with E-state index in [4.69, 9.17) is 4.74 Å². The third kappa shape index (κ3) is 6.05. The van der Waals surface area contributed by atoms with Gasteiger partial charge >= 0.3 is 0 Å². The van der Waals surface area contributed by atoms with Gasteiger partial charge in [-0.05, 0) is 30.4 Å². The molecular weight excluding hydrogens is 336 g/mol. The summed E-state index contributed by atoms with van der Waals surface area (Å²) in [5, 5.41) is 2.94. The van der Waals surface area contributed by atoms with Crippen molar-refractivity contribution < 1.29 is 26.5 Å². The predicted molar refractivity (Wildman–Crippen MR) is 94.8 cm³/mol. The Morgan fingerprint density at radius 2 is 1.76 bits per heavy atom. The third-order valence-corrected chi connectivity index (χ3v) is 4.37. The number of nitrogens with one attached hydrogen (secondary N) is 1. The molecule has 136 valence electrons. The van der Waals surface area contributed by atoms with E-state index in [0.717, 1.165) is 24.2 Å². The van der Waals surface area contributed by atoms with Crippen molar-refractivity contribution in [2.24, 2.45) is 0 Å². The lowest BCUT2D eigenvalue weighted by Gasteiger charge is -2.11. The molecule has 1 aromatic heterocycles. The summed E-state index contributed by atoms with van der Waals surface area (Å²) in [6, 6.07) is 11.9. The first-order chi connectivity index (χ1) is 11.7. The van der Waals surface area contributed by atoms with E-state index in [2.05, 4.69) is 31.3 Å². The fourth-order valence-electron chi connectivity index (χ4n) is 2.87. The zero-order valence-corrected chi connectivity index (χ0v) is 15.9. The van der Waals surface area contributed by atoms with E-state index in [1.807, 2.05) is 41.2 Å². The van der Waals surface area contributed by atoms with E-state index in [1.165, 1.54) is 5.56 Å². The van der Waals surface area contributed by atoms with Gasteiger partial charge in [-0.25, -0.2) is 0 Å². The summed E-state index contributed by atoms with van der Waals surface area (Å²) in [5.41, 5.74) is 2.31. The largest absolute Gasteiger partial charge is 1.00 e. The van der Waals surface area contributed by atoms with Crippen LogP contribution in [0.1, 0.15) is 43.7 Å². The Bertz CT molecular complexity index is 655. The van der Waals surface area contributed by atoms with Crippen molar-refractivity contribution in [3.63, 3.8) is 0 Å². The zero-order chi connectivity index (χ0) is 17.4. The smallest absolute Gasteiger partial charge is 0.286 e. The molecule has 0 aliphatic heterocycles. The number of hydrogen-bond donors (Lipinski definition) is 1. The van der Waals surface area contributed by atoms with Crippen molar-refractivity contribution in [3.8, 4) is 5.75 Å². The van der Waals surface area contributed by atoms with Crippen molar-refractivity contribution in [2.45, 2.75) is 45.7 Å². The van der Waals surface area contributed by atoms with E-state index in [0.29, 0.717) is 19.0 Å². The number of hydrogen-bond acceptors (Lipinski definition) is 2. The molecule has 5 heteroatoms. The number of nitrogens with zero attached hydrogens (tertiary/aromatic N) is 1. The van der Waals surface area contributed by atoms with Gasteiger partial charge in [-0.15, -0.1) is 0 Å². The molecule has 4 nitrogen and oxygen atoms in total. The molecular formula is C20H27ClN2O2. The normalized spacial score (nSPS) is 10.2. The quantitative estimate of drug-likeness (QED) is 0.682. The summed E-state index contributed by atoms with van der Waals surface area (Å²) >= 11 is 0. The lowest BCUT2D eigenvalue weighted by Crippen LogP contribution is -3.00. The highest BCUT2D eigenvalue weighted by atomic mass is 35.5. The van der Waals surface area contributed by atoms with Gasteiger partial charge in [0.1, 0.15) is 5.75 Å². The van der Waals surface area contributed by atoms with Gasteiger partial charge in [-0.1, -0.05) is 32.0 Å². The molecule has 1 amide bonds. The van der Waals surface area contributed by atoms with Gasteiger partial charge in [-0.2, -0.15) is 4.57 Å². The third-order valence-electron chi connectivity index (χ3n) is 4.37. The van der Waals surface area contributed by atoms with Crippen LogP contribution in [0.25, 0.3) is 0 Å². The van der Waals surface area contributed by atoms with Crippen LogP contribution in [0, 0.1) is 0 Å². The molecule has 0 aliphatic rings. The number of carbonyl (C=O) groups excluding carboxylic acids is 1. The van der Waals surface area contributed by atoms with Crippen LogP contribution in [-0.4, -0.2) is 13.0 Å². The van der Waals surface area contributed by atoms with Crippen LogP contribution in [0.15, 0.2) is 48.8 Å². The minimum Gasteiger partial charge on any atom is -1.00 e. The van der Waals surface area contributed by atoms with Crippen LogP contribution in [0.2, 0.25) is 0 Å². The average Bonchev–Trinajstić information content (AvgIpc) is 2.62. The van der Waals surface area contributed by atoms with Gasteiger partial charge in [0.15, 0.2) is 12.4 Å². The van der Waals surface area contributed by atoms with Crippen LogP contribution in [-0.2, 0) is 17.9 Å². The maximum Gasteiger partial charge on any atom is 0.286 e. The van der Waals surface area contributed by atoms with E-state index in [9.17, 15) is 4.79 Å². The summed E-state index contributed by atoms with van der Waals surface area (Å²) in [5.74, 6) is 1.38. The van der Waals surface area contributed by atoms with Crippen LogP contribution in [0.3, 0.4) is 0 Å². The second-order valence-corrected chi connectivity index (χ2v) is 5.91. The van der Waals surface area contributed by atoms with E-state index in [-0.39, 0.29) is 18.3 Å². The summed E-state index contributed by atoms with van der Waals surface area (Å²) in [6.07, 6.45) is 6.24. The monoisotopic (exact) mass is 362 g/mol. The SMILES string of the molecule is CCC(CC)c1cc[n+](CC(=O)NCc2ccccc2OC)cc1.[Cl-]. The molecule has 0 atom stereocenters. The number of aromatic nitrogens is 1. The van der Waals surface area contributed by atoms with Crippen LogP contribution in [0.5, 0.6) is 5.75 Å². The molecule has 2 aromatic rings. The first-order valence-corrected chi connectivity index (χ1v) is 8.55. The second kappa shape index (κ2) is 10.7. The highest BCUT2D eigenvalue weighted by molar-refractivity contribution is 5.74. The molecule has 1 heterocycles. The van der Waals surface area contributed by atoms with Crippen molar-refractivity contribution in [3.05, 3.63) is 59.9 Å². The summed E-state index contributed by atoms with van der Waals surface area (Å²) in [6.45, 7) is 5.20. The maximum absolute atomic E-state index is 12.1. The minimum atomic E-state index is -0.0128. The number of rotatable bonds is 8. The lowest BCUT2D eigenvalue weighted by atomic mass is 9.95. The Balaban J connectivity index is 0.00000312. The number of para-hydroxylation sites is 1. The van der Waals surface area contributed by atoms with E-state index >= 15 is 0 Å². The first-order valence-electron chi connectivity index (χ1n) is 8.55. The first kappa shape index (κ1) is 21.0. The van der Waals surface area contributed by atoms with Gasteiger partial charge in [0.25, 0.3) is 5.91 Å². The Morgan fingerprint density at radius 1 is 1.12 bits per heavy atom. The fraction of sp³-hybridized carbons (Fsp3) is 0.400. The number of pyridine rings is 1. The molecule has 1 aromatic carbocycles. The van der Waals surface area contributed by atoms with E-state index in [1.54, 1.807) is 7.11 Å². The summed E-state index contributed by atoms with van der Waals surface area (Å²) < 4.78 is 7.20. The Labute approximate surface area is 156 Å². The number of halogens is 1. The molecule has 0 bridgehead atoms. The molecule has 0 aliphatic carbocycles. The van der Waals surface area contributed by atoms with Gasteiger partial charge in [0.2, 0.25) is 6.54 Å². The van der Waals surface area contributed by atoms with Gasteiger partial charge in [0, 0.05) is 24.2 Å². The van der Waals surface area contributed by atoms with Gasteiger partial charge in [0.05, 0.1) is 7.11 Å². The predicted octanol–water partition coefficient (Wildman–Crippen LogP) is 0.207. The maximum atomic E-state index is 12.1. The molecule has 0 fully saturated rings. The van der Waals surface area contributed by atoms with Crippen LogP contribution >= 0.6 is 0 Å². The Morgan fingerprint density at radius 3 is 2.36 bits per heavy atom. The number of carbonyl (C=O) groups is 1. The number of benzene rings is 1. The second-order valence-electron chi connectivity index (χ2n) is 5.91. The molecule has 0 radical (unpaired) electrons. The molecule has 1 N–H and O–H groups in total. The van der Waals surface area contributed by atoms with Crippen LogP contribution in [0.4, 0.5) is 0 Å². The lowest BCUT2D eigenvalue weighted by molar-refractivity contribution is -0.684. The van der Waals surface area contributed by atoms with Gasteiger partial charge in [-0.3, -0.25) is 4.79 Å². The highest BCUT2D eigenvalue weighted by Crippen LogP contribution is 2.21. The molecule has 0 saturated heterocycles. The number of amides is 1. The molecule has 0 spiro atoms. The van der Waals surface area contributed by atoms with Crippen LogP contribution < -0.4 is 27.0 Å². The molecule has 2 rings (SSSR count). The summed E-state index contributed by atoms with van der Waals surface area (Å²) in [7, 11) is 1.64. The average molecular weight is 363 g/mol. The van der Waals surface area contributed by atoms with Crippen molar-refractivity contribution in [1.29, 1.82) is 0 Å². The molecule has 25 heavy (non-hydrogen) atoms. The standard InChI is InChI=1S/C20H26N2O2.ClH/c1-4-16(5-2)17-10-12-22(13-11-17)15-20(23)21-14-18-8-6-7-9-19(18)24-3;/h6-13,16H,4-5,14-15H2,1-3H3;1H. The highest BCUT2D eigenvalue weighted by Gasteiger charge is 2.12. The van der Waals surface area contributed by atoms with Gasteiger partial charge < -0.3 is 22.5 Å². The molecule has 0 unspecified atom stereocenters. The summed E-state index contributed by atoms with van der Waals surface area (Å²) in [4.78, 5) is 12.1. The minimum absolute atomic E-state index is 0. The van der Waals surface area contributed by atoms with Crippen molar-refractivity contribution in [2.75, 3.05) is 7.11 Å². The zero-order valence-electron chi connectivity index (χ0n) is 15.2. The molecule has 0 saturated carbocycles. The fourth-order valence-corrected chi connectivity index (χ4v) is 2.87. The Hall–Kier alpha value is -2.07. The van der Waals surface area contributed by atoms with Crippen molar-refractivity contribution in [1.82, 2.24) is 5.32 Å². The van der Waals surface area contributed by atoms with E-state index < -0.39 is 0 Å². The number of ether oxygens (including phenoxy) is 1.